The molecule has 0 heterocycles. The van der Waals surface area contributed by atoms with E-state index in [4.69, 9.17) is 4.74 Å². The Kier molecular flexibility index (Phi) is 6.46. The summed E-state index contributed by atoms with van der Waals surface area (Å²) in [6.45, 7) is 3.19. The van der Waals surface area contributed by atoms with E-state index in [1.54, 1.807) is 12.1 Å². The lowest BCUT2D eigenvalue weighted by Crippen LogP contribution is -2.37. The van der Waals surface area contributed by atoms with Crippen LogP contribution >= 0.6 is 15.9 Å². The minimum absolute atomic E-state index is 0.0683. The Morgan fingerprint density at radius 3 is 2.46 bits per heavy atom. The molecule has 136 valence electrons. The Labute approximate surface area is 157 Å². The average molecular weight is 423 g/mol. The van der Waals surface area contributed by atoms with Crippen molar-refractivity contribution in [3.63, 3.8) is 0 Å². The zero-order valence-electron chi connectivity index (χ0n) is 14.1. The van der Waals surface area contributed by atoms with Crippen LogP contribution < -0.4 is 10.6 Å². The summed E-state index contributed by atoms with van der Waals surface area (Å²) < 4.78 is 18.0. The Balaban J connectivity index is 1.85. The smallest absolute Gasteiger partial charge is 0.339 e. The molecule has 0 fully saturated rings. The summed E-state index contributed by atoms with van der Waals surface area (Å²) in [7, 11) is 0. The third-order valence-electron chi connectivity index (χ3n) is 3.50. The molecule has 2 aromatic carbocycles. The number of ether oxygens (including phenoxy) is 1. The first kappa shape index (κ1) is 19.6. The van der Waals surface area contributed by atoms with Crippen LogP contribution in [0, 0.1) is 19.7 Å². The fourth-order valence-electron chi connectivity index (χ4n) is 2.01. The molecule has 0 unspecified atom stereocenters. The van der Waals surface area contributed by atoms with Crippen LogP contribution in [0.15, 0.2) is 40.9 Å². The number of hydrogen-bond acceptors (Lipinski definition) is 4. The van der Waals surface area contributed by atoms with Gasteiger partial charge in [-0.15, -0.1) is 0 Å². The van der Waals surface area contributed by atoms with Crippen LogP contribution in [0.5, 0.6) is 0 Å². The topological polar surface area (TPSA) is 84.5 Å². The van der Waals surface area contributed by atoms with Crippen LogP contribution in [0.4, 0.5) is 14.9 Å². The second-order valence-electron chi connectivity index (χ2n) is 5.50. The number of hydrogen-bond donors (Lipinski definition) is 2. The van der Waals surface area contributed by atoms with Gasteiger partial charge in [0.1, 0.15) is 5.82 Å². The quantitative estimate of drug-likeness (QED) is 0.735. The van der Waals surface area contributed by atoms with Crippen LogP contribution in [0.3, 0.4) is 0 Å². The van der Waals surface area contributed by atoms with Crippen LogP contribution in [-0.2, 0) is 9.53 Å². The maximum absolute atomic E-state index is 13.0. The molecule has 3 amide bonds. The van der Waals surface area contributed by atoms with E-state index in [0.29, 0.717) is 5.69 Å². The fourth-order valence-corrected chi connectivity index (χ4v) is 2.52. The molecular weight excluding hydrogens is 407 g/mol. The molecule has 0 aliphatic heterocycles. The van der Waals surface area contributed by atoms with Crippen molar-refractivity contribution in [2.45, 2.75) is 13.8 Å². The first-order valence-corrected chi connectivity index (χ1v) is 8.36. The van der Waals surface area contributed by atoms with Gasteiger partial charge in [-0.3, -0.25) is 10.1 Å². The molecule has 2 aromatic rings. The van der Waals surface area contributed by atoms with Crippen molar-refractivity contribution in [1.29, 1.82) is 0 Å². The Hall–Kier alpha value is -2.74. The van der Waals surface area contributed by atoms with E-state index in [-0.39, 0.29) is 10.0 Å². The maximum atomic E-state index is 13.0. The molecule has 2 N–H and O–H groups in total. The zero-order valence-corrected chi connectivity index (χ0v) is 15.6. The lowest BCUT2D eigenvalue weighted by atomic mass is 10.1. The molecule has 0 radical (unpaired) electrons. The Morgan fingerprint density at radius 1 is 1.08 bits per heavy atom. The normalized spacial score (nSPS) is 10.2. The van der Waals surface area contributed by atoms with Crippen LogP contribution in [0.1, 0.15) is 21.5 Å². The molecule has 0 spiro atoms. The second kappa shape index (κ2) is 8.57. The van der Waals surface area contributed by atoms with E-state index in [1.165, 1.54) is 6.07 Å². The van der Waals surface area contributed by atoms with Gasteiger partial charge < -0.3 is 10.1 Å². The number of aryl methyl sites for hydroxylation is 2. The van der Waals surface area contributed by atoms with Gasteiger partial charge in [-0.25, -0.2) is 14.0 Å². The van der Waals surface area contributed by atoms with Crippen molar-refractivity contribution >= 4 is 39.5 Å². The van der Waals surface area contributed by atoms with E-state index < -0.39 is 30.3 Å². The number of rotatable bonds is 4. The number of anilines is 1. The summed E-state index contributed by atoms with van der Waals surface area (Å²) in [5.74, 6) is -2.13. The first-order chi connectivity index (χ1) is 12.3. The molecule has 0 aliphatic rings. The second-order valence-corrected chi connectivity index (χ2v) is 6.36. The summed E-state index contributed by atoms with van der Waals surface area (Å²) in [5.41, 5.74) is 2.67. The molecule has 0 aromatic heterocycles. The van der Waals surface area contributed by atoms with Crippen molar-refractivity contribution in [3.05, 3.63) is 63.4 Å². The predicted octanol–water partition coefficient (Wildman–Crippen LogP) is 3.71. The number of halogens is 2. The molecule has 0 saturated heterocycles. The van der Waals surface area contributed by atoms with Gasteiger partial charge in [0.05, 0.1) is 5.56 Å². The predicted molar refractivity (Wildman–Crippen MR) is 97.5 cm³/mol. The standard InChI is InChI=1S/C18H16BrFN2O4/c1-10-3-5-13(7-11(10)2)21-18(25)22-16(23)9-26-17(24)14-6-4-12(20)8-15(14)19/h3-8H,9H2,1-2H3,(H2,21,22,23,25). The highest BCUT2D eigenvalue weighted by atomic mass is 79.9. The van der Waals surface area contributed by atoms with Gasteiger partial charge in [0, 0.05) is 10.2 Å². The van der Waals surface area contributed by atoms with Crippen LogP contribution in [0.25, 0.3) is 0 Å². The Bertz CT molecular complexity index is 870. The van der Waals surface area contributed by atoms with Gasteiger partial charge in [0.25, 0.3) is 5.91 Å². The number of carbonyl (C=O) groups is 3. The minimum Gasteiger partial charge on any atom is -0.452 e. The van der Waals surface area contributed by atoms with E-state index in [1.807, 2.05) is 19.9 Å². The molecule has 6 nitrogen and oxygen atoms in total. The summed E-state index contributed by atoms with van der Waals surface area (Å²) in [4.78, 5) is 35.4. The number of amides is 3. The average Bonchev–Trinajstić information content (AvgIpc) is 2.56. The molecular formula is C18H16BrFN2O4. The summed E-state index contributed by atoms with van der Waals surface area (Å²) in [6.07, 6.45) is 0. The largest absolute Gasteiger partial charge is 0.452 e. The molecule has 0 aliphatic carbocycles. The van der Waals surface area contributed by atoms with Gasteiger partial charge in [0.2, 0.25) is 0 Å². The maximum Gasteiger partial charge on any atom is 0.339 e. The highest BCUT2D eigenvalue weighted by Crippen LogP contribution is 2.19. The summed E-state index contributed by atoms with van der Waals surface area (Å²) in [5, 5.41) is 4.57. The van der Waals surface area contributed by atoms with Crippen LogP contribution in [0.2, 0.25) is 0 Å². The van der Waals surface area contributed by atoms with Gasteiger partial charge >= 0.3 is 12.0 Å². The molecule has 8 heteroatoms. The van der Waals surface area contributed by atoms with Gasteiger partial charge in [-0.1, -0.05) is 6.07 Å². The molecule has 2 rings (SSSR count). The van der Waals surface area contributed by atoms with Crippen LogP contribution in [-0.4, -0.2) is 24.5 Å². The van der Waals surface area contributed by atoms with Gasteiger partial charge in [0.15, 0.2) is 6.61 Å². The third-order valence-corrected chi connectivity index (χ3v) is 4.16. The van der Waals surface area contributed by atoms with E-state index in [9.17, 15) is 18.8 Å². The minimum atomic E-state index is -0.818. The van der Waals surface area contributed by atoms with Gasteiger partial charge in [-0.05, 0) is 71.2 Å². The lowest BCUT2D eigenvalue weighted by Gasteiger charge is -2.09. The van der Waals surface area contributed by atoms with Crippen molar-refractivity contribution < 1.29 is 23.5 Å². The number of nitrogens with one attached hydrogen (secondary N) is 2. The van der Waals surface area contributed by atoms with Crippen molar-refractivity contribution in [1.82, 2.24) is 5.32 Å². The van der Waals surface area contributed by atoms with E-state index in [2.05, 4.69) is 26.6 Å². The van der Waals surface area contributed by atoms with E-state index >= 15 is 0 Å². The Morgan fingerprint density at radius 2 is 1.81 bits per heavy atom. The number of carbonyl (C=O) groups excluding carboxylic acids is 3. The summed E-state index contributed by atoms with van der Waals surface area (Å²) >= 11 is 3.04. The van der Waals surface area contributed by atoms with Crippen molar-refractivity contribution in [3.8, 4) is 0 Å². The lowest BCUT2D eigenvalue weighted by molar-refractivity contribution is -0.123. The van der Waals surface area contributed by atoms with Crippen molar-refractivity contribution in [2.75, 3.05) is 11.9 Å². The summed E-state index contributed by atoms with van der Waals surface area (Å²) in [6, 6.07) is 8.01. The van der Waals surface area contributed by atoms with Crippen molar-refractivity contribution in [2.24, 2.45) is 0 Å². The fraction of sp³-hybridized carbons (Fsp3) is 0.167. The number of esters is 1. The first-order valence-electron chi connectivity index (χ1n) is 7.56. The highest BCUT2D eigenvalue weighted by molar-refractivity contribution is 9.10. The SMILES string of the molecule is Cc1ccc(NC(=O)NC(=O)COC(=O)c2ccc(F)cc2Br)cc1C. The number of benzene rings is 2. The molecule has 0 bridgehead atoms. The molecule has 0 saturated carbocycles. The highest BCUT2D eigenvalue weighted by Gasteiger charge is 2.15. The number of urea groups is 1. The monoisotopic (exact) mass is 422 g/mol. The molecule has 26 heavy (non-hydrogen) atoms. The third kappa shape index (κ3) is 5.38. The zero-order chi connectivity index (χ0) is 19.3. The van der Waals surface area contributed by atoms with Gasteiger partial charge in [-0.2, -0.15) is 0 Å². The van der Waals surface area contributed by atoms with E-state index in [0.717, 1.165) is 23.3 Å². The number of imide groups is 1. The molecule has 0 atom stereocenters.